The van der Waals surface area contributed by atoms with E-state index in [9.17, 15) is 4.79 Å². The van der Waals surface area contributed by atoms with Gasteiger partial charge in [-0.15, -0.1) is 11.3 Å². The summed E-state index contributed by atoms with van der Waals surface area (Å²) in [6.45, 7) is 6.56. The van der Waals surface area contributed by atoms with E-state index in [0.717, 1.165) is 38.6 Å². The van der Waals surface area contributed by atoms with Crippen molar-refractivity contribution in [2.45, 2.75) is 59.3 Å². The summed E-state index contributed by atoms with van der Waals surface area (Å²) in [7, 11) is 0. The van der Waals surface area contributed by atoms with Crippen LogP contribution in [0.25, 0.3) is 41.7 Å². The zero-order valence-corrected chi connectivity index (χ0v) is 20.1. The van der Waals surface area contributed by atoms with E-state index < -0.39 is 0 Å². The fourth-order valence-electron chi connectivity index (χ4n) is 4.85. The molecular formula is C30H30OS. The maximum Gasteiger partial charge on any atom is 0.195 e. The van der Waals surface area contributed by atoms with E-state index in [1.165, 1.54) is 58.4 Å². The maximum atomic E-state index is 13.3. The largest absolute Gasteiger partial charge is 0.289 e. The van der Waals surface area contributed by atoms with Gasteiger partial charge in [-0.25, -0.2) is 0 Å². The fraction of sp³-hybridized carbons (Fsp3) is 0.300. The molecule has 0 aliphatic carbocycles. The van der Waals surface area contributed by atoms with Crippen LogP contribution in [0.1, 0.15) is 56.2 Å². The van der Waals surface area contributed by atoms with E-state index in [1.807, 2.05) is 13.0 Å². The molecule has 5 rings (SSSR count). The first-order valence-electron chi connectivity index (χ1n) is 11.9. The van der Waals surface area contributed by atoms with Crippen molar-refractivity contribution in [1.82, 2.24) is 0 Å². The Morgan fingerprint density at radius 2 is 1.22 bits per heavy atom. The predicted molar refractivity (Wildman–Crippen MR) is 143 cm³/mol. The zero-order chi connectivity index (χ0) is 22.2. The van der Waals surface area contributed by atoms with Crippen molar-refractivity contribution in [3.8, 4) is 0 Å². The average molecular weight is 439 g/mol. The second-order valence-electron chi connectivity index (χ2n) is 9.12. The third-order valence-corrected chi connectivity index (χ3v) is 7.83. The lowest BCUT2D eigenvalue weighted by Crippen LogP contribution is -2.01. The van der Waals surface area contributed by atoms with Crippen molar-refractivity contribution in [3.05, 3.63) is 81.5 Å². The Bertz CT molecular complexity index is 1520. The third-order valence-electron chi connectivity index (χ3n) is 6.70. The molecular weight excluding hydrogens is 408 g/mol. The van der Waals surface area contributed by atoms with Crippen molar-refractivity contribution < 1.29 is 0 Å². The molecule has 1 heterocycles. The molecule has 0 radical (unpaired) electrons. The standard InChI is InChI=1S/C30H30OS/c1-4-6-8-20-11-12-21(9-7-5-2)25-16-23-18-29-27(17-22(23)15-24(20)25)30(31)26-14-19(3)10-13-28(26)32-29/h10-18H,4-9H2,1-3H3. The normalized spacial score (nSPS) is 11.8. The molecule has 0 bridgehead atoms. The fourth-order valence-corrected chi connectivity index (χ4v) is 5.93. The molecule has 4 aromatic carbocycles. The van der Waals surface area contributed by atoms with Crippen LogP contribution >= 0.6 is 11.3 Å². The Balaban J connectivity index is 1.81. The van der Waals surface area contributed by atoms with Crippen molar-refractivity contribution >= 4 is 53.1 Å². The molecule has 32 heavy (non-hydrogen) atoms. The molecule has 2 heteroatoms. The van der Waals surface area contributed by atoms with Crippen LogP contribution in [0.15, 0.2) is 59.4 Å². The lowest BCUT2D eigenvalue weighted by molar-refractivity contribution is 0.792. The van der Waals surface area contributed by atoms with Gasteiger partial charge in [0, 0.05) is 20.2 Å². The smallest absolute Gasteiger partial charge is 0.195 e. The van der Waals surface area contributed by atoms with Gasteiger partial charge in [0.2, 0.25) is 0 Å². The highest BCUT2D eigenvalue weighted by molar-refractivity contribution is 7.24. The lowest BCUT2D eigenvalue weighted by Gasteiger charge is -2.13. The van der Waals surface area contributed by atoms with E-state index >= 15 is 0 Å². The van der Waals surface area contributed by atoms with Crippen molar-refractivity contribution in [1.29, 1.82) is 0 Å². The predicted octanol–water partition coefficient (Wildman–Crippen LogP) is 8.71. The molecule has 162 valence electrons. The summed E-state index contributed by atoms with van der Waals surface area (Å²) in [5.74, 6) is 0. The van der Waals surface area contributed by atoms with Gasteiger partial charge in [0.1, 0.15) is 0 Å². The van der Waals surface area contributed by atoms with Crippen LogP contribution in [-0.2, 0) is 12.8 Å². The highest BCUT2D eigenvalue weighted by Gasteiger charge is 2.12. The number of rotatable bonds is 6. The minimum atomic E-state index is 0.155. The molecule has 1 nitrogen and oxygen atoms in total. The first-order valence-corrected chi connectivity index (χ1v) is 12.8. The molecule has 0 fully saturated rings. The first kappa shape index (κ1) is 21.2. The second-order valence-corrected chi connectivity index (χ2v) is 10.2. The van der Waals surface area contributed by atoms with Crippen LogP contribution in [-0.4, -0.2) is 0 Å². The van der Waals surface area contributed by atoms with Gasteiger partial charge in [0.15, 0.2) is 5.43 Å². The highest BCUT2D eigenvalue weighted by Crippen LogP contribution is 2.34. The summed E-state index contributed by atoms with van der Waals surface area (Å²) in [6, 6.07) is 20.0. The lowest BCUT2D eigenvalue weighted by atomic mass is 9.91. The zero-order valence-electron chi connectivity index (χ0n) is 19.3. The number of hydrogen-bond donors (Lipinski definition) is 0. The molecule has 0 atom stereocenters. The van der Waals surface area contributed by atoms with Gasteiger partial charge in [-0.05, 0) is 102 Å². The van der Waals surface area contributed by atoms with E-state index in [4.69, 9.17) is 0 Å². The van der Waals surface area contributed by atoms with Gasteiger partial charge in [-0.2, -0.15) is 0 Å². The Morgan fingerprint density at radius 1 is 0.656 bits per heavy atom. The van der Waals surface area contributed by atoms with Crippen molar-refractivity contribution in [3.63, 3.8) is 0 Å². The second kappa shape index (κ2) is 8.67. The molecule has 1 aromatic heterocycles. The first-order chi connectivity index (χ1) is 15.6. The van der Waals surface area contributed by atoms with Gasteiger partial charge in [-0.1, -0.05) is 50.5 Å². The topological polar surface area (TPSA) is 17.1 Å². The molecule has 0 saturated carbocycles. The number of benzene rings is 4. The molecule has 5 aromatic rings. The van der Waals surface area contributed by atoms with Crippen LogP contribution in [0.4, 0.5) is 0 Å². The SMILES string of the molecule is CCCCc1ccc(CCCC)c2cc3cc4c(=O)c5cc(C)ccc5sc4cc3cc12. The minimum absolute atomic E-state index is 0.155. The summed E-state index contributed by atoms with van der Waals surface area (Å²) in [4.78, 5) is 13.3. The number of unbranched alkanes of at least 4 members (excludes halogenated alkanes) is 2. The van der Waals surface area contributed by atoms with Gasteiger partial charge in [0.25, 0.3) is 0 Å². The van der Waals surface area contributed by atoms with Crippen molar-refractivity contribution in [2.75, 3.05) is 0 Å². The van der Waals surface area contributed by atoms with Gasteiger partial charge < -0.3 is 0 Å². The van der Waals surface area contributed by atoms with E-state index in [2.05, 4.69) is 62.4 Å². The summed E-state index contributed by atoms with van der Waals surface area (Å²) in [6.07, 6.45) is 7.06. The van der Waals surface area contributed by atoms with E-state index in [1.54, 1.807) is 11.3 Å². The molecule has 0 spiro atoms. The van der Waals surface area contributed by atoms with E-state index in [-0.39, 0.29) is 5.43 Å². The third kappa shape index (κ3) is 3.71. The highest BCUT2D eigenvalue weighted by atomic mass is 32.1. The van der Waals surface area contributed by atoms with Crippen LogP contribution in [0.5, 0.6) is 0 Å². The van der Waals surface area contributed by atoms with Crippen LogP contribution in [0.2, 0.25) is 0 Å². The molecule has 0 N–H and O–H groups in total. The average Bonchev–Trinajstić information content (AvgIpc) is 2.80. The summed E-state index contributed by atoms with van der Waals surface area (Å²) >= 11 is 1.73. The summed E-state index contributed by atoms with van der Waals surface area (Å²) in [5, 5.41) is 6.85. The Hall–Kier alpha value is -2.71. The molecule has 0 amide bonds. The minimum Gasteiger partial charge on any atom is -0.289 e. The molecule has 0 unspecified atom stereocenters. The van der Waals surface area contributed by atoms with Crippen LogP contribution in [0.3, 0.4) is 0 Å². The Kier molecular flexibility index (Phi) is 5.73. The van der Waals surface area contributed by atoms with Gasteiger partial charge in [0.05, 0.1) is 0 Å². The number of hydrogen-bond acceptors (Lipinski definition) is 2. The van der Waals surface area contributed by atoms with Gasteiger partial charge in [-0.3, -0.25) is 4.79 Å². The van der Waals surface area contributed by atoms with Gasteiger partial charge >= 0.3 is 0 Å². The Morgan fingerprint density at radius 3 is 1.84 bits per heavy atom. The monoisotopic (exact) mass is 438 g/mol. The van der Waals surface area contributed by atoms with Crippen molar-refractivity contribution in [2.24, 2.45) is 0 Å². The van der Waals surface area contributed by atoms with Crippen LogP contribution in [0, 0.1) is 6.92 Å². The van der Waals surface area contributed by atoms with E-state index in [0.29, 0.717) is 0 Å². The quantitative estimate of drug-likeness (QED) is 0.242. The maximum absolute atomic E-state index is 13.3. The molecule has 0 aliphatic heterocycles. The number of fused-ring (bicyclic) bond motifs is 4. The summed E-state index contributed by atoms with van der Waals surface area (Å²) in [5.41, 5.74) is 4.17. The molecule has 0 saturated heterocycles. The molecule has 0 aliphatic rings. The number of aryl methyl sites for hydroxylation is 3. The van der Waals surface area contributed by atoms with Crippen LogP contribution < -0.4 is 5.43 Å². The Labute approximate surface area is 193 Å². The summed E-state index contributed by atoms with van der Waals surface area (Å²) < 4.78 is 2.15.